The summed E-state index contributed by atoms with van der Waals surface area (Å²) in [6.45, 7) is -0.473. The van der Waals surface area contributed by atoms with Crippen molar-refractivity contribution >= 4 is 46.9 Å². The molecule has 0 radical (unpaired) electrons. The van der Waals surface area contributed by atoms with Crippen molar-refractivity contribution < 1.29 is 28.3 Å². The second kappa shape index (κ2) is 8.89. The molecule has 0 saturated carbocycles. The molecule has 1 saturated heterocycles. The second-order valence-corrected chi connectivity index (χ2v) is 11.1. The van der Waals surface area contributed by atoms with Crippen LogP contribution in [-0.4, -0.2) is 34.6 Å². The van der Waals surface area contributed by atoms with Crippen molar-refractivity contribution in [3.63, 3.8) is 0 Å². The predicted octanol–water partition coefficient (Wildman–Crippen LogP) is 3.71. The lowest BCUT2D eigenvalue weighted by Crippen LogP contribution is -2.57. The molecule has 7 nitrogen and oxygen atoms in total. The lowest BCUT2D eigenvalue weighted by molar-refractivity contribution is -0.161. The highest BCUT2D eigenvalue weighted by Gasteiger charge is 2.73. The normalized spacial score (nSPS) is 27.0. The van der Waals surface area contributed by atoms with Gasteiger partial charge in [-0.15, -0.1) is 23.2 Å². The molecule has 0 unspecified atom stereocenters. The number of hydrogen-bond acceptors (Lipinski definition) is 5. The smallest absolute Gasteiger partial charge is 0.330 e. The number of imide groups is 1. The highest BCUT2D eigenvalue weighted by molar-refractivity contribution is 6.36. The van der Waals surface area contributed by atoms with Gasteiger partial charge in [-0.2, -0.15) is 0 Å². The monoisotopic (exact) mass is 566 g/mol. The van der Waals surface area contributed by atoms with Crippen LogP contribution in [0.5, 0.6) is 0 Å². The molecule has 3 aromatic rings. The topological polar surface area (TPSA) is 107 Å². The lowest BCUT2D eigenvalue weighted by atomic mass is 9.54. The van der Waals surface area contributed by atoms with E-state index in [2.05, 4.69) is 0 Å². The van der Waals surface area contributed by atoms with Gasteiger partial charge in [-0.25, -0.2) is 9.18 Å². The molecule has 1 fully saturated rings. The molecule has 3 aromatic carbocycles. The number of primary amides is 1. The van der Waals surface area contributed by atoms with Crippen molar-refractivity contribution in [2.75, 3.05) is 0 Å². The zero-order chi connectivity index (χ0) is 27.7. The number of carbonyl (C=O) groups excluding carboxylic acids is 4. The fraction of sp³-hybridized carbons (Fsp3) is 0.241. The highest BCUT2D eigenvalue weighted by atomic mass is 35.5. The Kier molecular flexibility index (Phi) is 5.82. The first-order valence-corrected chi connectivity index (χ1v) is 13.0. The van der Waals surface area contributed by atoms with Crippen LogP contribution >= 0.6 is 23.2 Å². The zero-order valence-corrected chi connectivity index (χ0v) is 21.8. The van der Waals surface area contributed by atoms with Gasteiger partial charge in [0.2, 0.25) is 17.7 Å². The zero-order valence-electron chi connectivity index (χ0n) is 20.3. The number of rotatable bonds is 6. The fourth-order valence-corrected chi connectivity index (χ4v) is 7.42. The maximum absolute atomic E-state index is 14.1. The lowest BCUT2D eigenvalue weighted by Gasteiger charge is -2.54. The van der Waals surface area contributed by atoms with Crippen molar-refractivity contribution in [2.45, 2.75) is 28.8 Å². The van der Waals surface area contributed by atoms with E-state index in [4.69, 9.17) is 33.7 Å². The van der Waals surface area contributed by atoms with E-state index in [-0.39, 0.29) is 5.56 Å². The van der Waals surface area contributed by atoms with Gasteiger partial charge in [-0.1, -0.05) is 66.7 Å². The minimum absolute atomic E-state index is 0.0831. The van der Waals surface area contributed by atoms with Gasteiger partial charge < -0.3 is 10.5 Å². The number of halogens is 3. The third-order valence-corrected chi connectivity index (χ3v) is 9.21. The van der Waals surface area contributed by atoms with Crippen LogP contribution < -0.4 is 5.73 Å². The number of esters is 1. The summed E-state index contributed by atoms with van der Waals surface area (Å²) in [5, 5.41) is 0. The van der Waals surface area contributed by atoms with Gasteiger partial charge in [0.25, 0.3) is 0 Å². The molecule has 0 spiro atoms. The molecule has 198 valence electrons. The molecular weight excluding hydrogens is 546 g/mol. The molecule has 2 N–H and O–H groups in total. The molecule has 3 aliphatic carbocycles. The number of carbonyl (C=O) groups is 4. The van der Waals surface area contributed by atoms with Crippen LogP contribution in [0.15, 0.2) is 72.8 Å². The first kappa shape index (κ1) is 25.5. The van der Waals surface area contributed by atoms with Gasteiger partial charge in [-0.3, -0.25) is 19.3 Å². The quantitative estimate of drug-likeness (QED) is 0.278. The van der Waals surface area contributed by atoms with E-state index in [9.17, 15) is 23.6 Å². The third-order valence-electron chi connectivity index (χ3n) is 7.93. The summed E-state index contributed by atoms with van der Waals surface area (Å²) in [4.78, 5) is 51.3. The van der Waals surface area contributed by atoms with E-state index in [1.54, 1.807) is 54.6 Å². The van der Waals surface area contributed by atoms with Gasteiger partial charge in [-0.05, 0) is 28.3 Å². The third kappa shape index (κ3) is 3.41. The fourth-order valence-electron chi connectivity index (χ4n) is 6.33. The van der Waals surface area contributed by atoms with E-state index in [1.807, 2.05) is 0 Å². The molecule has 1 aliphatic heterocycles. The van der Waals surface area contributed by atoms with E-state index >= 15 is 0 Å². The number of hydrogen-bond donors (Lipinski definition) is 1. The number of ether oxygens (including phenoxy) is 1. The largest absolute Gasteiger partial charge is 0.459 e. The van der Waals surface area contributed by atoms with Crippen LogP contribution in [0.4, 0.5) is 4.39 Å². The summed E-state index contributed by atoms with van der Waals surface area (Å²) in [7, 11) is 0. The summed E-state index contributed by atoms with van der Waals surface area (Å²) in [6.07, 6.45) is -0.683. The first-order valence-electron chi connectivity index (χ1n) is 12.2. The van der Waals surface area contributed by atoms with E-state index in [1.165, 1.54) is 18.2 Å². The maximum Gasteiger partial charge on any atom is 0.330 e. The number of nitrogens with two attached hydrogens (primary N) is 1. The van der Waals surface area contributed by atoms with Crippen LogP contribution in [0.3, 0.4) is 0 Å². The van der Waals surface area contributed by atoms with Gasteiger partial charge in [0.1, 0.15) is 28.2 Å². The Balaban J connectivity index is 1.44. The minimum Gasteiger partial charge on any atom is -0.459 e. The Morgan fingerprint density at radius 1 is 0.846 bits per heavy atom. The summed E-state index contributed by atoms with van der Waals surface area (Å²) < 4.78 is 19.4. The highest BCUT2D eigenvalue weighted by Crippen LogP contribution is 2.69. The standard InChI is InChI=1S/C29H21Cl2FN2O5/c30-28-16-8-2-3-9-17(16)29(31,19-11-5-4-10-18(19)28)24-23(28)25(36)34(26(24)37)21(13-22(33)35)27(38)39-14-15-7-1-6-12-20(15)32/h1-12,21,23-24H,13-14H2,(H2,33,35)/t21-,23-,24+,28?,29?/m1/s1. The van der Waals surface area contributed by atoms with E-state index in [0.29, 0.717) is 22.3 Å². The van der Waals surface area contributed by atoms with Crippen LogP contribution in [-0.2, 0) is 40.3 Å². The minimum atomic E-state index is -1.67. The SMILES string of the molecule is NC(=O)C[C@H](C(=O)OCc1ccccc1F)N1C(=O)[C@@H]2[C@H](C1=O)C1(Cl)c3ccccc3C2(Cl)c2ccccc21. The Labute approximate surface area is 232 Å². The second-order valence-electron chi connectivity index (χ2n) is 9.90. The number of benzene rings is 3. The average Bonchev–Trinajstić information content (AvgIpc) is 3.20. The van der Waals surface area contributed by atoms with Crippen LogP contribution in [0.2, 0.25) is 0 Å². The molecule has 4 aliphatic rings. The summed E-state index contributed by atoms with van der Waals surface area (Å²) in [5.74, 6) is -6.46. The van der Waals surface area contributed by atoms with E-state index in [0.717, 1.165) is 4.90 Å². The summed E-state index contributed by atoms with van der Waals surface area (Å²) in [6, 6.07) is 18.2. The van der Waals surface area contributed by atoms with Crippen LogP contribution in [0.25, 0.3) is 0 Å². The Hall–Kier alpha value is -3.75. The number of alkyl halides is 2. The van der Waals surface area contributed by atoms with Crippen molar-refractivity contribution in [3.05, 3.63) is 106 Å². The molecular formula is C29H21Cl2FN2O5. The molecule has 3 atom stereocenters. The summed E-state index contributed by atoms with van der Waals surface area (Å²) in [5.41, 5.74) is 7.88. The van der Waals surface area contributed by atoms with Crippen molar-refractivity contribution in [1.29, 1.82) is 0 Å². The first-order chi connectivity index (χ1) is 18.6. The van der Waals surface area contributed by atoms with Gasteiger partial charge in [0.15, 0.2) is 0 Å². The molecule has 39 heavy (non-hydrogen) atoms. The predicted molar refractivity (Wildman–Crippen MR) is 139 cm³/mol. The van der Waals surface area contributed by atoms with Crippen molar-refractivity contribution in [2.24, 2.45) is 17.6 Å². The molecule has 3 amide bonds. The summed E-state index contributed by atoms with van der Waals surface area (Å²) >= 11 is 14.8. The number of nitrogens with zero attached hydrogens (tertiary/aromatic N) is 1. The number of amides is 3. The molecule has 0 aromatic heterocycles. The Bertz CT molecular complexity index is 1450. The van der Waals surface area contributed by atoms with E-state index < -0.39 is 70.2 Å². The Morgan fingerprint density at radius 3 is 1.72 bits per heavy atom. The van der Waals surface area contributed by atoms with Crippen molar-refractivity contribution in [3.8, 4) is 0 Å². The van der Waals surface area contributed by atoms with Gasteiger partial charge in [0, 0.05) is 5.56 Å². The molecule has 10 heteroatoms. The van der Waals surface area contributed by atoms with Crippen LogP contribution in [0.1, 0.15) is 34.2 Å². The molecule has 7 rings (SSSR count). The molecule has 2 bridgehead atoms. The van der Waals surface area contributed by atoms with Gasteiger partial charge in [0.05, 0.1) is 18.3 Å². The van der Waals surface area contributed by atoms with Crippen LogP contribution in [0, 0.1) is 17.7 Å². The Morgan fingerprint density at radius 2 is 1.28 bits per heavy atom. The van der Waals surface area contributed by atoms with Crippen molar-refractivity contribution in [1.82, 2.24) is 4.90 Å². The van der Waals surface area contributed by atoms with Gasteiger partial charge >= 0.3 is 5.97 Å². The maximum atomic E-state index is 14.1. The molecule has 1 heterocycles. The average molecular weight is 567 g/mol. The number of likely N-dealkylation sites (tertiary alicyclic amines) is 1.